The molecule has 2 N–H and O–H groups in total. The Labute approximate surface area is 741 Å². The largest absolute Gasteiger partial charge is 0.488 e. The SMILES string of the molecule is Brc1c2oc(-c3ccccc3)c(-c3ccccc3)c2c(Br)c2oc(-c3ccccc3)c(-c3ccccc3)c12.OB(O)c1ccc(-c2cccc3ccccc23)cc1.[HH].c1ccc(-c2oc3c(-c4ccc(-c5cccc6ccccc56)cc4)c4c(-c5ccccc5)c(-c5ccccc5)oc4c(-c4ccc(-c5cccc6ccccc56)cc4)c3c2-c2ccccc2)cc1. The van der Waals surface area contributed by atoms with E-state index in [0.29, 0.717) is 5.46 Å². The van der Waals surface area contributed by atoms with Gasteiger partial charge in [0, 0.05) is 78.6 Å². The topological polar surface area (TPSA) is 93.0 Å². The van der Waals surface area contributed by atoms with Gasteiger partial charge in [-0.15, -0.1) is 0 Å². The summed E-state index contributed by atoms with van der Waals surface area (Å²) in [6.07, 6.45) is 0. The molecule has 0 fully saturated rings. The first-order chi connectivity index (χ1) is 61.7. The average molecular weight is 1740 g/mol. The lowest BCUT2D eigenvalue weighted by Crippen LogP contribution is -2.29. The standard InChI is InChI=1S/C66H42O2.C34H20Br2O2.C16H13BO2.H2/c1-5-21-47(22-6-1)57-61-59(49-39-35-45(36-40-49)55-33-17-29-43-19-13-15-31-53(43)55)66-62(58(48-23-7-2-8-24-48)64(68-66)52-27-11-4-12-28-52)60(65(61)67-63(57)51-25-9-3-10-26-51)50-41-37-46(38-42-50)56-34-18-30-44-20-14-16-32-54(44)56;35-29-27-25(21-13-5-1-6-14-21)31(23-17-9-3-10-18-23)37-33(27)30(36)28-26(22-15-7-2-8-16-22)32(38-34(28)29)24-19-11-4-12-20-24;18-17(19)14-10-8-13(9-11-14)16-7-3-5-12-4-1-2-6-15(12)16;/h1-42H;1-20H;1-11,18-19H;1H. The summed E-state index contributed by atoms with van der Waals surface area (Å²) < 4.78 is 30.4. The van der Waals surface area contributed by atoms with E-state index in [-0.39, 0.29) is 1.43 Å². The lowest BCUT2D eigenvalue weighted by atomic mass is 9.79. The Morgan fingerprint density at radius 1 is 0.184 bits per heavy atom. The van der Waals surface area contributed by atoms with Gasteiger partial charge in [0.15, 0.2) is 11.2 Å². The summed E-state index contributed by atoms with van der Waals surface area (Å²) in [5.41, 5.74) is 27.0. The van der Waals surface area contributed by atoms with Gasteiger partial charge in [-0.3, -0.25) is 0 Å². The highest BCUT2D eigenvalue weighted by Crippen LogP contribution is 2.58. The van der Waals surface area contributed by atoms with Crippen molar-refractivity contribution < 1.29 is 29.1 Å². The number of hydrogen-bond donors (Lipinski definition) is 2. The predicted molar refractivity (Wildman–Crippen MR) is 529 cm³/mol. The van der Waals surface area contributed by atoms with E-state index in [1.54, 1.807) is 12.1 Å². The molecule has 0 amide bonds. The highest BCUT2D eigenvalue weighted by atomic mass is 79.9. The fraction of sp³-hybridized carbons (Fsp3) is 0. The highest BCUT2D eigenvalue weighted by Gasteiger charge is 2.34. The minimum absolute atomic E-state index is 0. The number of hydrogen-bond acceptors (Lipinski definition) is 6. The van der Waals surface area contributed by atoms with E-state index in [4.69, 9.17) is 27.7 Å². The Hall–Kier alpha value is -14.9. The molecule has 0 aliphatic rings. The molecule has 0 unspecified atom stereocenters. The van der Waals surface area contributed by atoms with E-state index in [0.717, 1.165) is 187 Å². The molecule has 4 heterocycles. The van der Waals surface area contributed by atoms with Gasteiger partial charge in [-0.25, -0.2) is 0 Å². The summed E-state index contributed by atoms with van der Waals surface area (Å²) in [6, 6.07) is 154. The van der Waals surface area contributed by atoms with Gasteiger partial charge in [0.05, 0.1) is 8.95 Å². The second-order valence-electron chi connectivity index (χ2n) is 31.1. The number of benzene rings is 19. The van der Waals surface area contributed by atoms with Crippen LogP contribution in [0.15, 0.2) is 469 Å². The smallest absolute Gasteiger partial charge is 0.455 e. The van der Waals surface area contributed by atoms with Crippen LogP contribution in [0.5, 0.6) is 0 Å². The van der Waals surface area contributed by atoms with Crippen molar-refractivity contribution in [2.45, 2.75) is 0 Å². The van der Waals surface area contributed by atoms with Crippen molar-refractivity contribution >= 4 is 121 Å². The third-order valence-corrected chi connectivity index (χ3v) is 25.2. The molecule has 4 aromatic heterocycles. The fourth-order valence-corrected chi connectivity index (χ4v) is 19.2. The molecule has 0 saturated carbocycles. The summed E-state index contributed by atoms with van der Waals surface area (Å²) in [7, 11) is -1.42. The Morgan fingerprint density at radius 3 is 0.664 bits per heavy atom. The predicted octanol–water partition coefficient (Wildman–Crippen LogP) is 32.6. The van der Waals surface area contributed by atoms with Gasteiger partial charge in [0.2, 0.25) is 0 Å². The maximum atomic E-state index is 9.11. The summed E-state index contributed by atoms with van der Waals surface area (Å²) in [6.45, 7) is 0. The van der Waals surface area contributed by atoms with Crippen LogP contribution in [0, 0.1) is 0 Å². The van der Waals surface area contributed by atoms with Crippen molar-refractivity contribution in [3.8, 4) is 145 Å². The molecule has 0 aliphatic carbocycles. The van der Waals surface area contributed by atoms with Crippen LogP contribution in [0.1, 0.15) is 1.43 Å². The van der Waals surface area contributed by atoms with Crippen LogP contribution in [-0.4, -0.2) is 17.2 Å². The quantitative estimate of drug-likeness (QED) is 0.105. The molecule has 0 radical (unpaired) electrons. The molecule has 125 heavy (non-hydrogen) atoms. The molecule has 23 rings (SSSR count). The number of halogens is 2. The maximum Gasteiger partial charge on any atom is 0.488 e. The van der Waals surface area contributed by atoms with Gasteiger partial charge in [-0.05, 0) is 136 Å². The molecule has 0 bridgehead atoms. The minimum atomic E-state index is -1.42. The Bertz CT molecular complexity index is 7460. The summed E-state index contributed by atoms with van der Waals surface area (Å²) in [5, 5.41) is 29.5. The van der Waals surface area contributed by atoms with E-state index >= 15 is 0 Å². The van der Waals surface area contributed by atoms with Crippen molar-refractivity contribution in [2.24, 2.45) is 0 Å². The van der Waals surface area contributed by atoms with Gasteiger partial charge in [-0.2, -0.15) is 0 Å². The molecule has 9 heteroatoms. The summed E-state index contributed by atoms with van der Waals surface area (Å²) >= 11 is 7.94. The van der Waals surface area contributed by atoms with Crippen LogP contribution < -0.4 is 5.46 Å². The first-order valence-corrected chi connectivity index (χ1v) is 43.4. The van der Waals surface area contributed by atoms with Crippen LogP contribution in [0.4, 0.5) is 0 Å². The molecule has 6 nitrogen and oxygen atoms in total. The summed E-state index contributed by atoms with van der Waals surface area (Å²) in [4.78, 5) is 0. The summed E-state index contributed by atoms with van der Waals surface area (Å²) in [5.74, 6) is 3.27. The van der Waals surface area contributed by atoms with Gasteiger partial charge < -0.3 is 27.7 Å². The number of furan rings is 4. The fourth-order valence-electron chi connectivity index (χ4n) is 17.9. The van der Waals surface area contributed by atoms with Gasteiger partial charge >= 0.3 is 7.12 Å². The zero-order valence-corrected chi connectivity index (χ0v) is 70.7. The minimum Gasteiger partial charge on any atom is -0.455 e. The zero-order valence-electron chi connectivity index (χ0n) is 67.5. The van der Waals surface area contributed by atoms with Gasteiger partial charge in [0.25, 0.3) is 0 Å². The number of rotatable bonds is 14. The number of fused-ring (bicyclic) bond motifs is 7. The average Bonchev–Trinajstić information content (AvgIpc) is 1.53. The monoisotopic (exact) mass is 1730 g/mol. The lowest BCUT2D eigenvalue weighted by Gasteiger charge is -2.15. The molecule has 23 aromatic rings. The van der Waals surface area contributed by atoms with E-state index in [2.05, 4.69) is 384 Å². The normalized spacial score (nSPS) is 11.4. The van der Waals surface area contributed by atoms with Crippen LogP contribution in [0.3, 0.4) is 0 Å². The van der Waals surface area contributed by atoms with Crippen molar-refractivity contribution in [3.63, 3.8) is 0 Å². The third kappa shape index (κ3) is 14.5. The zero-order chi connectivity index (χ0) is 83.9. The van der Waals surface area contributed by atoms with Gasteiger partial charge in [0.1, 0.15) is 34.2 Å². The van der Waals surface area contributed by atoms with Crippen molar-refractivity contribution in [2.75, 3.05) is 0 Å². The first kappa shape index (κ1) is 77.4. The maximum absolute atomic E-state index is 9.11. The van der Waals surface area contributed by atoms with E-state index in [1.807, 2.05) is 78.9 Å². The molecule has 19 aromatic carbocycles. The van der Waals surface area contributed by atoms with Crippen LogP contribution >= 0.6 is 31.9 Å². The van der Waals surface area contributed by atoms with Crippen molar-refractivity contribution in [3.05, 3.63) is 452 Å². The van der Waals surface area contributed by atoms with E-state index < -0.39 is 7.12 Å². The molecule has 0 atom stereocenters. The second kappa shape index (κ2) is 33.8. The van der Waals surface area contributed by atoms with Crippen molar-refractivity contribution in [1.82, 2.24) is 0 Å². The Morgan fingerprint density at radius 2 is 0.392 bits per heavy atom. The Kier molecular flexibility index (Phi) is 20.9. The van der Waals surface area contributed by atoms with E-state index in [9.17, 15) is 0 Å². The van der Waals surface area contributed by atoms with Crippen LogP contribution in [0.2, 0.25) is 0 Å². The van der Waals surface area contributed by atoms with Gasteiger partial charge in [-0.1, -0.05) is 443 Å². The first-order valence-electron chi connectivity index (χ1n) is 41.8. The Balaban J connectivity index is 0.000000143. The van der Waals surface area contributed by atoms with Crippen LogP contribution in [0.25, 0.3) is 222 Å². The molecular weight excluding hydrogens is 1660 g/mol. The molecule has 0 saturated heterocycles. The third-order valence-electron chi connectivity index (χ3n) is 23.7. The molecule has 0 spiro atoms. The van der Waals surface area contributed by atoms with Crippen LogP contribution in [-0.2, 0) is 0 Å². The van der Waals surface area contributed by atoms with Crippen molar-refractivity contribution in [1.29, 1.82) is 0 Å². The molecule has 594 valence electrons. The molecular formula is C116H77BBr2O6. The lowest BCUT2D eigenvalue weighted by molar-refractivity contribution is 0.426. The van der Waals surface area contributed by atoms with E-state index in [1.165, 1.54) is 43.4 Å². The second-order valence-corrected chi connectivity index (χ2v) is 32.7. The highest BCUT2D eigenvalue weighted by molar-refractivity contribution is 9.11. The molecule has 0 aliphatic heterocycles.